The largest absolute Gasteiger partial charge is 0.573 e. The third-order valence-corrected chi connectivity index (χ3v) is 4.90. The molecule has 9 heteroatoms. The van der Waals surface area contributed by atoms with Crippen molar-refractivity contribution < 1.29 is 31.4 Å². The zero-order valence-electron chi connectivity index (χ0n) is 15.4. The van der Waals surface area contributed by atoms with Crippen LogP contribution >= 0.6 is 0 Å². The molecule has 2 aromatic rings. The minimum absolute atomic E-state index is 0.0997. The van der Waals surface area contributed by atoms with Gasteiger partial charge in [-0.3, -0.25) is 5.84 Å². The molecular formula is C20H21F5N2O2. The van der Waals surface area contributed by atoms with Crippen LogP contribution in [0.25, 0.3) is 0 Å². The van der Waals surface area contributed by atoms with Gasteiger partial charge in [0.1, 0.15) is 11.5 Å². The molecule has 1 aliphatic rings. The van der Waals surface area contributed by atoms with Crippen LogP contribution in [0.2, 0.25) is 0 Å². The normalized spacial score (nSPS) is 20.7. The Morgan fingerprint density at radius 3 is 2.48 bits per heavy atom. The van der Waals surface area contributed by atoms with Gasteiger partial charge in [-0.1, -0.05) is 30.3 Å². The van der Waals surface area contributed by atoms with E-state index in [0.29, 0.717) is 6.54 Å². The minimum atomic E-state index is -4.88. The summed E-state index contributed by atoms with van der Waals surface area (Å²) in [6, 6.07) is 12.4. The molecule has 0 saturated carbocycles. The number of rotatable bonds is 6. The van der Waals surface area contributed by atoms with Gasteiger partial charge in [-0.15, -0.1) is 13.2 Å². The lowest BCUT2D eigenvalue weighted by Crippen LogP contribution is -2.44. The fraction of sp³-hybridized carbons (Fsp3) is 0.400. The fourth-order valence-electron chi connectivity index (χ4n) is 3.84. The van der Waals surface area contributed by atoms with Crippen molar-refractivity contribution in [2.45, 2.75) is 38.3 Å². The van der Waals surface area contributed by atoms with E-state index in [1.54, 1.807) is 5.01 Å². The second-order valence-corrected chi connectivity index (χ2v) is 6.90. The Hall–Kier alpha value is -2.39. The highest BCUT2D eigenvalue weighted by Gasteiger charge is 2.34. The summed E-state index contributed by atoms with van der Waals surface area (Å²) < 4.78 is 71.8. The van der Waals surface area contributed by atoms with Crippen molar-refractivity contribution in [1.82, 2.24) is 5.01 Å². The zero-order chi connectivity index (χ0) is 21.0. The van der Waals surface area contributed by atoms with Crippen molar-refractivity contribution in [1.29, 1.82) is 0 Å². The van der Waals surface area contributed by atoms with Crippen molar-refractivity contribution in [2.24, 2.45) is 11.8 Å². The van der Waals surface area contributed by atoms with Crippen LogP contribution in [0.1, 0.15) is 30.0 Å². The lowest BCUT2D eigenvalue weighted by molar-refractivity contribution is -0.274. The van der Waals surface area contributed by atoms with Gasteiger partial charge in [0.05, 0.1) is 6.04 Å². The fourth-order valence-corrected chi connectivity index (χ4v) is 3.84. The zero-order valence-corrected chi connectivity index (χ0v) is 15.4. The van der Waals surface area contributed by atoms with Gasteiger partial charge in [-0.2, -0.15) is 8.78 Å². The van der Waals surface area contributed by atoms with E-state index in [4.69, 9.17) is 5.84 Å². The summed E-state index contributed by atoms with van der Waals surface area (Å²) in [6.45, 7) is -2.43. The number of benzene rings is 2. The Bertz CT molecular complexity index is 801. The molecular weight excluding hydrogens is 395 g/mol. The molecule has 0 spiro atoms. The summed E-state index contributed by atoms with van der Waals surface area (Å²) in [7, 11) is 0. The predicted molar refractivity (Wildman–Crippen MR) is 96.3 cm³/mol. The number of piperidine rings is 1. The van der Waals surface area contributed by atoms with Gasteiger partial charge >= 0.3 is 13.0 Å². The van der Waals surface area contributed by atoms with Crippen LogP contribution < -0.4 is 15.3 Å². The standard InChI is InChI=1S/C20H21F5N2O2/c21-19(22)28-17-9-8-16(29-20(23,24)25)12-15(17)11-14-7-4-10-27(26)18(14)13-5-2-1-3-6-13/h1-3,5-6,8-9,12,14,18-19H,4,7,10-11,26H2/t14-,18+/m0/s1. The maximum atomic E-state index is 12.8. The predicted octanol–water partition coefficient (Wildman–Crippen LogP) is 5.06. The van der Waals surface area contributed by atoms with Gasteiger partial charge < -0.3 is 9.47 Å². The summed E-state index contributed by atoms with van der Waals surface area (Å²) in [5.74, 6) is 5.44. The summed E-state index contributed by atoms with van der Waals surface area (Å²) in [6.07, 6.45) is -3.14. The second kappa shape index (κ2) is 8.96. The highest BCUT2D eigenvalue weighted by atomic mass is 19.4. The maximum absolute atomic E-state index is 12.8. The summed E-state index contributed by atoms with van der Waals surface area (Å²) in [4.78, 5) is 0. The lowest BCUT2D eigenvalue weighted by atomic mass is 9.81. The number of nitrogens with two attached hydrogens (primary N) is 1. The SMILES string of the molecule is NN1CCC[C@@H](Cc2cc(OC(F)(F)F)ccc2OC(F)F)[C@H]1c1ccccc1. The Balaban J connectivity index is 1.91. The number of alkyl halides is 5. The van der Waals surface area contributed by atoms with Gasteiger partial charge in [0.2, 0.25) is 0 Å². The molecule has 29 heavy (non-hydrogen) atoms. The van der Waals surface area contributed by atoms with Crippen LogP contribution in [0.4, 0.5) is 22.0 Å². The maximum Gasteiger partial charge on any atom is 0.573 e. The molecule has 0 unspecified atom stereocenters. The molecule has 0 radical (unpaired) electrons. The number of hydrogen-bond donors (Lipinski definition) is 1. The Morgan fingerprint density at radius 1 is 1.10 bits per heavy atom. The molecule has 0 aliphatic carbocycles. The van der Waals surface area contributed by atoms with E-state index in [1.165, 1.54) is 0 Å². The van der Waals surface area contributed by atoms with Crippen LogP contribution in [0.5, 0.6) is 11.5 Å². The summed E-state index contributed by atoms with van der Waals surface area (Å²) in [5.41, 5.74) is 1.17. The van der Waals surface area contributed by atoms with Crippen LogP contribution in [-0.4, -0.2) is 24.5 Å². The quantitative estimate of drug-likeness (QED) is 0.529. The van der Waals surface area contributed by atoms with Crippen molar-refractivity contribution in [3.8, 4) is 11.5 Å². The van der Waals surface area contributed by atoms with Crippen molar-refractivity contribution >= 4 is 0 Å². The molecule has 2 N–H and O–H groups in total. The van der Waals surface area contributed by atoms with Gasteiger partial charge in [0, 0.05) is 6.54 Å². The number of nitrogens with zero attached hydrogens (tertiary/aromatic N) is 1. The van der Waals surface area contributed by atoms with Crippen LogP contribution in [-0.2, 0) is 6.42 Å². The number of hydrazine groups is 1. The highest BCUT2D eigenvalue weighted by molar-refractivity contribution is 5.41. The lowest BCUT2D eigenvalue weighted by Gasteiger charge is -2.39. The number of halogens is 5. The van der Waals surface area contributed by atoms with E-state index in [9.17, 15) is 22.0 Å². The Kier molecular flexibility index (Phi) is 6.59. The monoisotopic (exact) mass is 416 g/mol. The molecule has 1 fully saturated rings. The molecule has 158 valence electrons. The van der Waals surface area contributed by atoms with Gasteiger partial charge in [-0.25, -0.2) is 5.01 Å². The van der Waals surface area contributed by atoms with E-state index in [0.717, 1.165) is 36.6 Å². The van der Waals surface area contributed by atoms with E-state index in [-0.39, 0.29) is 29.7 Å². The van der Waals surface area contributed by atoms with Crippen LogP contribution in [0, 0.1) is 5.92 Å². The Morgan fingerprint density at radius 2 is 1.83 bits per heavy atom. The van der Waals surface area contributed by atoms with Crippen molar-refractivity contribution in [3.63, 3.8) is 0 Å². The third kappa shape index (κ3) is 5.80. The van der Waals surface area contributed by atoms with Crippen molar-refractivity contribution in [3.05, 3.63) is 59.7 Å². The summed E-state index contributed by atoms with van der Waals surface area (Å²) >= 11 is 0. The van der Waals surface area contributed by atoms with E-state index in [1.807, 2.05) is 30.3 Å². The molecule has 1 aliphatic heterocycles. The second-order valence-electron chi connectivity index (χ2n) is 6.90. The molecule has 0 bridgehead atoms. The average Bonchev–Trinajstić information content (AvgIpc) is 2.63. The Labute approximate surface area is 165 Å². The summed E-state index contributed by atoms with van der Waals surface area (Å²) in [5, 5.41) is 1.69. The van der Waals surface area contributed by atoms with E-state index in [2.05, 4.69) is 9.47 Å². The van der Waals surface area contributed by atoms with Gasteiger partial charge in [0.25, 0.3) is 0 Å². The molecule has 0 aromatic heterocycles. The number of hydrogen-bond acceptors (Lipinski definition) is 4. The molecule has 2 aromatic carbocycles. The van der Waals surface area contributed by atoms with E-state index >= 15 is 0 Å². The van der Waals surface area contributed by atoms with Crippen molar-refractivity contribution in [2.75, 3.05) is 6.54 Å². The molecule has 2 atom stereocenters. The molecule has 0 amide bonds. The third-order valence-electron chi connectivity index (χ3n) is 4.90. The first-order valence-corrected chi connectivity index (χ1v) is 9.12. The van der Waals surface area contributed by atoms with Crippen LogP contribution in [0.15, 0.2) is 48.5 Å². The smallest absolute Gasteiger partial charge is 0.435 e. The van der Waals surface area contributed by atoms with Gasteiger partial charge in [-0.05, 0) is 54.5 Å². The van der Waals surface area contributed by atoms with Crippen LogP contribution in [0.3, 0.4) is 0 Å². The molecule has 1 heterocycles. The first-order chi connectivity index (χ1) is 13.7. The first kappa shape index (κ1) is 21.3. The highest BCUT2D eigenvalue weighted by Crippen LogP contribution is 2.39. The topological polar surface area (TPSA) is 47.7 Å². The first-order valence-electron chi connectivity index (χ1n) is 9.12. The molecule has 3 rings (SSSR count). The minimum Gasteiger partial charge on any atom is -0.435 e. The molecule has 4 nitrogen and oxygen atoms in total. The number of ether oxygens (including phenoxy) is 2. The average molecular weight is 416 g/mol. The molecule has 1 saturated heterocycles. The van der Waals surface area contributed by atoms with E-state index < -0.39 is 18.7 Å². The van der Waals surface area contributed by atoms with Gasteiger partial charge in [0.15, 0.2) is 0 Å².